The van der Waals surface area contributed by atoms with Crippen LogP contribution in [0, 0.1) is 5.92 Å². The number of hydrogen-bond acceptors (Lipinski definition) is 4. The molecule has 0 bridgehead atoms. The third kappa shape index (κ3) is 2.44. The van der Waals surface area contributed by atoms with Crippen LogP contribution in [0.3, 0.4) is 0 Å². The number of nitrogens with two attached hydrogens (primary N) is 1. The number of Topliss-reactive ketones (excluding diaryl/α,β-unsaturated/α-hetero) is 1. The topological polar surface area (TPSA) is 69.4 Å². The third-order valence-corrected chi connectivity index (χ3v) is 4.32. The average molecular weight is 306 g/mol. The van der Waals surface area contributed by atoms with Crippen LogP contribution < -0.4 is 5.73 Å². The molecule has 0 unspecified atom stereocenters. The zero-order valence-corrected chi connectivity index (χ0v) is 12.4. The number of benzene rings is 1. The van der Waals surface area contributed by atoms with Crippen molar-refractivity contribution in [3.05, 3.63) is 39.9 Å². The van der Waals surface area contributed by atoms with Gasteiger partial charge in [-0.2, -0.15) is 0 Å². The van der Waals surface area contributed by atoms with Crippen LogP contribution in [0.5, 0.6) is 0 Å². The molecule has 0 saturated heterocycles. The first-order valence-corrected chi connectivity index (χ1v) is 7.43. The highest BCUT2D eigenvalue weighted by molar-refractivity contribution is 6.34. The zero-order chi connectivity index (χ0) is 15.1. The van der Waals surface area contributed by atoms with Crippen LogP contribution >= 0.6 is 11.6 Å². The van der Waals surface area contributed by atoms with E-state index in [1.165, 1.54) is 0 Å². The molecule has 0 aromatic heterocycles. The Morgan fingerprint density at radius 2 is 2.14 bits per heavy atom. The highest BCUT2D eigenvalue weighted by Crippen LogP contribution is 2.48. The van der Waals surface area contributed by atoms with E-state index in [9.17, 15) is 9.59 Å². The molecule has 4 nitrogen and oxygen atoms in total. The molecule has 1 aromatic rings. The number of allylic oxidation sites excluding steroid dienone is 1. The lowest BCUT2D eigenvalue weighted by molar-refractivity contribution is -0.138. The minimum atomic E-state index is -0.563. The highest BCUT2D eigenvalue weighted by Gasteiger charge is 2.39. The monoisotopic (exact) mass is 305 g/mol. The molecule has 2 N–H and O–H groups in total. The Kier molecular flexibility index (Phi) is 3.49. The van der Waals surface area contributed by atoms with E-state index in [-0.39, 0.29) is 23.9 Å². The second-order valence-electron chi connectivity index (χ2n) is 5.45. The second-order valence-corrected chi connectivity index (χ2v) is 5.86. The van der Waals surface area contributed by atoms with Gasteiger partial charge in [-0.25, -0.2) is 4.79 Å². The molecule has 0 spiro atoms. The van der Waals surface area contributed by atoms with Gasteiger partial charge >= 0.3 is 5.97 Å². The lowest BCUT2D eigenvalue weighted by Crippen LogP contribution is -2.23. The van der Waals surface area contributed by atoms with E-state index < -0.39 is 5.97 Å². The summed E-state index contributed by atoms with van der Waals surface area (Å²) in [6, 6.07) is 3.33. The van der Waals surface area contributed by atoms with E-state index in [1.807, 2.05) is 0 Å². The number of hydrogen-bond donors (Lipinski definition) is 1. The maximum Gasteiger partial charge on any atom is 0.341 e. The van der Waals surface area contributed by atoms with Crippen LogP contribution in [-0.2, 0) is 9.53 Å². The van der Waals surface area contributed by atoms with Crippen LogP contribution in [0.2, 0.25) is 5.02 Å². The standard InChI is InChI=1S/C16H16ClNO3/c1-2-21-16(20)12-5-9(8-3-4-8)10-6-13(17)14(18)7-11(10)15(12)19/h5-9H,2-4,18H2,1H3/t9-/m0/s1. The molecule has 1 atom stereocenters. The van der Waals surface area contributed by atoms with Crippen LogP contribution in [0.4, 0.5) is 5.69 Å². The first-order valence-electron chi connectivity index (χ1n) is 7.05. The SMILES string of the molecule is CCOC(=O)C1=C[C@@H](C2CC2)c2cc(Cl)c(N)cc2C1=O. The number of carbonyl (C=O) groups excluding carboxylic acids is 2. The minimum absolute atomic E-state index is 0.0372. The van der Waals surface area contributed by atoms with E-state index in [2.05, 4.69) is 0 Å². The number of esters is 1. The van der Waals surface area contributed by atoms with Crippen molar-refractivity contribution in [1.29, 1.82) is 0 Å². The number of halogens is 1. The maximum atomic E-state index is 12.5. The third-order valence-electron chi connectivity index (χ3n) is 3.99. The molecule has 0 aliphatic heterocycles. The Morgan fingerprint density at radius 1 is 1.43 bits per heavy atom. The number of nitrogen functional groups attached to an aromatic ring is 1. The summed E-state index contributed by atoms with van der Waals surface area (Å²) < 4.78 is 4.98. The lowest BCUT2D eigenvalue weighted by atomic mass is 9.80. The molecule has 2 aliphatic rings. The zero-order valence-electron chi connectivity index (χ0n) is 11.7. The number of ether oxygens (including phenoxy) is 1. The fraction of sp³-hybridized carbons (Fsp3) is 0.375. The maximum absolute atomic E-state index is 12.5. The van der Waals surface area contributed by atoms with Gasteiger partial charge in [0, 0.05) is 11.5 Å². The number of ketones is 1. The molecule has 1 fully saturated rings. The van der Waals surface area contributed by atoms with Crippen LogP contribution in [0.25, 0.3) is 0 Å². The van der Waals surface area contributed by atoms with Gasteiger partial charge in [-0.1, -0.05) is 17.7 Å². The van der Waals surface area contributed by atoms with Crippen molar-refractivity contribution in [2.24, 2.45) is 5.92 Å². The summed E-state index contributed by atoms with van der Waals surface area (Å²) in [5.41, 5.74) is 7.61. The average Bonchev–Trinajstić information content (AvgIpc) is 3.26. The van der Waals surface area contributed by atoms with Crippen molar-refractivity contribution in [3.63, 3.8) is 0 Å². The predicted molar refractivity (Wildman–Crippen MR) is 80.4 cm³/mol. The summed E-state index contributed by atoms with van der Waals surface area (Å²) in [6.07, 6.45) is 3.92. The first-order chi connectivity index (χ1) is 10.0. The summed E-state index contributed by atoms with van der Waals surface area (Å²) in [5, 5.41) is 0.445. The van der Waals surface area contributed by atoms with Crippen molar-refractivity contribution >= 4 is 29.0 Å². The van der Waals surface area contributed by atoms with Gasteiger partial charge in [0.05, 0.1) is 17.3 Å². The Hall–Kier alpha value is -1.81. The molecule has 1 saturated carbocycles. The fourth-order valence-electron chi connectivity index (χ4n) is 2.78. The van der Waals surface area contributed by atoms with Gasteiger partial charge in [0.2, 0.25) is 0 Å². The summed E-state index contributed by atoms with van der Waals surface area (Å²) in [4.78, 5) is 24.5. The van der Waals surface area contributed by atoms with Crippen molar-refractivity contribution < 1.29 is 14.3 Å². The Morgan fingerprint density at radius 3 is 2.76 bits per heavy atom. The molecule has 0 amide bonds. The van der Waals surface area contributed by atoms with Crippen molar-refractivity contribution in [3.8, 4) is 0 Å². The second kappa shape index (κ2) is 5.19. The molecule has 3 rings (SSSR count). The largest absolute Gasteiger partial charge is 0.462 e. The van der Waals surface area contributed by atoms with Gasteiger partial charge in [0.1, 0.15) is 5.57 Å². The molecule has 2 aliphatic carbocycles. The van der Waals surface area contributed by atoms with E-state index in [0.29, 0.717) is 22.2 Å². The van der Waals surface area contributed by atoms with Crippen LogP contribution in [-0.4, -0.2) is 18.4 Å². The van der Waals surface area contributed by atoms with Gasteiger partial charge in [-0.3, -0.25) is 4.79 Å². The number of carbonyl (C=O) groups is 2. The number of fused-ring (bicyclic) bond motifs is 1. The van der Waals surface area contributed by atoms with Crippen LogP contribution in [0.1, 0.15) is 41.6 Å². The van der Waals surface area contributed by atoms with Gasteiger partial charge in [0.25, 0.3) is 0 Å². The molecule has 0 heterocycles. The predicted octanol–water partition coefficient (Wildman–Crippen LogP) is 3.10. The fourth-order valence-corrected chi connectivity index (χ4v) is 2.95. The number of rotatable bonds is 3. The summed E-state index contributed by atoms with van der Waals surface area (Å²) in [7, 11) is 0. The molecular formula is C16H16ClNO3. The van der Waals surface area contributed by atoms with Crippen molar-refractivity contribution in [2.75, 3.05) is 12.3 Å². The van der Waals surface area contributed by atoms with Crippen molar-refractivity contribution in [1.82, 2.24) is 0 Å². The molecule has 21 heavy (non-hydrogen) atoms. The minimum Gasteiger partial charge on any atom is -0.462 e. The summed E-state index contributed by atoms with van der Waals surface area (Å²) >= 11 is 6.08. The lowest BCUT2D eigenvalue weighted by Gasteiger charge is -2.23. The Balaban J connectivity index is 2.09. The molecular weight excluding hydrogens is 290 g/mol. The van der Waals surface area contributed by atoms with E-state index in [1.54, 1.807) is 25.1 Å². The van der Waals surface area contributed by atoms with Gasteiger partial charge < -0.3 is 10.5 Å². The normalized spacial score (nSPS) is 20.8. The first kappa shape index (κ1) is 14.1. The molecule has 5 heteroatoms. The number of anilines is 1. The van der Waals surface area contributed by atoms with E-state index >= 15 is 0 Å². The Bertz CT molecular complexity index is 662. The summed E-state index contributed by atoms with van der Waals surface area (Å²) in [5.74, 6) is -0.396. The molecule has 110 valence electrons. The summed E-state index contributed by atoms with van der Waals surface area (Å²) in [6.45, 7) is 1.96. The van der Waals surface area contributed by atoms with Gasteiger partial charge in [0.15, 0.2) is 5.78 Å². The molecule has 0 radical (unpaired) electrons. The molecule has 1 aromatic carbocycles. The van der Waals surface area contributed by atoms with Crippen molar-refractivity contribution in [2.45, 2.75) is 25.7 Å². The Labute approximate surface area is 127 Å². The van der Waals surface area contributed by atoms with Gasteiger partial charge in [-0.05, 0) is 43.4 Å². The highest BCUT2D eigenvalue weighted by atomic mass is 35.5. The smallest absolute Gasteiger partial charge is 0.341 e. The van der Waals surface area contributed by atoms with E-state index in [0.717, 1.165) is 18.4 Å². The van der Waals surface area contributed by atoms with E-state index in [4.69, 9.17) is 22.1 Å². The van der Waals surface area contributed by atoms with Crippen LogP contribution in [0.15, 0.2) is 23.8 Å². The van der Waals surface area contributed by atoms with Gasteiger partial charge in [-0.15, -0.1) is 0 Å². The quantitative estimate of drug-likeness (QED) is 0.529.